The number of imidazole rings is 1. The largest absolute Gasteiger partial charge is 0.349 e. The van der Waals surface area contributed by atoms with E-state index in [2.05, 4.69) is 15.3 Å². The standard InChI is InChI=1S/C10H18N4O/c1-8(6-11)2-3-10(15)14-7-9-12-4-5-13-9/h4-5,8H,2-3,6-7,11H2,1H3,(H,12,13)(H,14,15). The van der Waals surface area contributed by atoms with Crippen molar-refractivity contribution in [3.05, 3.63) is 18.2 Å². The molecule has 1 atom stereocenters. The minimum Gasteiger partial charge on any atom is -0.349 e. The maximum atomic E-state index is 11.4. The van der Waals surface area contributed by atoms with Crippen molar-refractivity contribution in [1.29, 1.82) is 0 Å². The van der Waals surface area contributed by atoms with Crippen molar-refractivity contribution in [2.24, 2.45) is 11.7 Å². The number of hydrogen-bond acceptors (Lipinski definition) is 3. The molecular formula is C10H18N4O. The summed E-state index contributed by atoms with van der Waals surface area (Å²) in [6, 6.07) is 0. The van der Waals surface area contributed by atoms with E-state index in [9.17, 15) is 4.79 Å². The number of aromatic amines is 1. The number of aromatic nitrogens is 2. The minimum atomic E-state index is 0.0479. The van der Waals surface area contributed by atoms with Crippen molar-refractivity contribution >= 4 is 5.91 Å². The average molecular weight is 210 g/mol. The maximum absolute atomic E-state index is 11.4. The predicted molar refractivity (Wildman–Crippen MR) is 57.9 cm³/mol. The molecule has 5 nitrogen and oxygen atoms in total. The highest BCUT2D eigenvalue weighted by atomic mass is 16.1. The second-order valence-corrected chi connectivity index (χ2v) is 3.69. The Kier molecular flexibility index (Phi) is 4.83. The van der Waals surface area contributed by atoms with E-state index in [-0.39, 0.29) is 5.91 Å². The first-order chi connectivity index (χ1) is 7.22. The molecule has 1 amide bonds. The third-order valence-corrected chi connectivity index (χ3v) is 2.27. The van der Waals surface area contributed by atoms with Gasteiger partial charge in [0.15, 0.2) is 0 Å². The second-order valence-electron chi connectivity index (χ2n) is 3.69. The van der Waals surface area contributed by atoms with Gasteiger partial charge < -0.3 is 16.0 Å². The van der Waals surface area contributed by atoms with E-state index in [1.165, 1.54) is 0 Å². The number of hydrogen-bond donors (Lipinski definition) is 3. The minimum absolute atomic E-state index is 0.0479. The Balaban J connectivity index is 2.14. The number of nitrogens with zero attached hydrogens (tertiary/aromatic N) is 1. The number of H-pyrrole nitrogens is 1. The van der Waals surface area contributed by atoms with E-state index in [1.807, 2.05) is 6.92 Å². The van der Waals surface area contributed by atoms with Gasteiger partial charge in [0.05, 0.1) is 6.54 Å². The van der Waals surface area contributed by atoms with Crippen molar-refractivity contribution in [1.82, 2.24) is 15.3 Å². The van der Waals surface area contributed by atoms with E-state index < -0.39 is 0 Å². The molecule has 1 heterocycles. The van der Waals surface area contributed by atoms with Crippen LogP contribution in [0, 0.1) is 5.92 Å². The molecule has 0 radical (unpaired) electrons. The van der Waals surface area contributed by atoms with E-state index in [1.54, 1.807) is 12.4 Å². The summed E-state index contributed by atoms with van der Waals surface area (Å²) < 4.78 is 0. The Morgan fingerprint density at radius 1 is 1.73 bits per heavy atom. The molecule has 1 aromatic rings. The van der Waals surface area contributed by atoms with Gasteiger partial charge in [-0.2, -0.15) is 0 Å². The number of rotatable bonds is 6. The van der Waals surface area contributed by atoms with Crippen LogP contribution in [0.25, 0.3) is 0 Å². The van der Waals surface area contributed by atoms with Crippen LogP contribution < -0.4 is 11.1 Å². The second kappa shape index (κ2) is 6.19. The van der Waals surface area contributed by atoms with Gasteiger partial charge >= 0.3 is 0 Å². The highest BCUT2D eigenvalue weighted by Crippen LogP contribution is 2.02. The average Bonchev–Trinajstić information content (AvgIpc) is 2.75. The Bertz CT molecular complexity index is 284. The fourth-order valence-electron chi connectivity index (χ4n) is 1.16. The Morgan fingerprint density at radius 2 is 2.53 bits per heavy atom. The first-order valence-corrected chi connectivity index (χ1v) is 5.17. The molecule has 0 aliphatic heterocycles. The maximum Gasteiger partial charge on any atom is 0.220 e. The van der Waals surface area contributed by atoms with Crippen LogP contribution in [0.1, 0.15) is 25.6 Å². The molecule has 1 unspecified atom stereocenters. The van der Waals surface area contributed by atoms with Gasteiger partial charge in [0, 0.05) is 18.8 Å². The van der Waals surface area contributed by atoms with Gasteiger partial charge in [-0.25, -0.2) is 4.98 Å². The zero-order valence-electron chi connectivity index (χ0n) is 8.99. The van der Waals surface area contributed by atoms with Crippen molar-refractivity contribution < 1.29 is 4.79 Å². The van der Waals surface area contributed by atoms with Crippen LogP contribution in [-0.2, 0) is 11.3 Å². The summed E-state index contributed by atoms with van der Waals surface area (Å²) in [6.07, 6.45) is 4.76. The van der Waals surface area contributed by atoms with E-state index in [0.29, 0.717) is 25.4 Å². The number of nitrogens with one attached hydrogen (secondary N) is 2. The molecule has 0 bridgehead atoms. The first-order valence-electron chi connectivity index (χ1n) is 5.17. The summed E-state index contributed by atoms with van der Waals surface area (Å²) in [7, 11) is 0. The third-order valence-electron chi connectivity index (χ3n) is 2.27. The highest BCUT2D eigenvalue weighted by Gasteiger charge is 2.05. The van der Waals surface area contributed by atoms with Crippen LogP contribution in [0.15, 0.2) is 12.4 Å². The smallest absolute Gasteiger partial charge is 0.220 e. The molecule has 1 aromatic heterocycles. The van der Waals surface area contributed by atoms with Crippen LogP contribution >= 0.6 is 0 Å². The van der Waals surface area contributed by atoms with Crippen LogP contribution in [0.2, 0.25) is 0 Å². The molecule has 5 heteroatoms. The van der Waals surface area contributed by atoms with Gasteiger partial charge in [0.1, 0.15) is 5.82 Å². The summed E-state index contributed by atoms with van der Waals surface area (Å²) in [4.78, 5) is 18.3. The number of carbonyl (C=O) groups excluding carboxylic acids is 1. The lowest BCUT2D eigenvalue weighted by atomic mass is 10.1. The molecule has 4 N–H and O–H groups in total. The summed E-state index contributed by atoms with van der Waals surface area (Å²) in [5.41, 5.74) is 5.46. The van der Waals surface area contributed by atoms with Crippen molar-refractivity contribution in [2.45, 2.75) is 26.3 Å². The fraction of sp³-hybridized carbons (Fsp3) is 0.600. The van der Waals surface area contributed by atoms with Crippen molar-refractivity contribution in [2.75, 3.05) is 6.54 Å². The molecule has 1 rings (SSSR count). The Morgan fingerprint density at radius 3 is 3.13 bits per heavy atom. The number of amides is 1. The lowest BCUT2D eigenvalue weighted by Crippen LogP contribution is -2.24. The van der Waals surface area contributed by atoms with Crippen LogP contribution in [0.3, 0.4) is 0 Å². The third kappa shape index (κ3) is 4.60. The molecule has 15 heavy (non-hydrogen) atoms. The molecule has 0 aliphatic rings. The van der Waals surface area contributed by atoms with Crippen molar-refractivity contribution in [3.63, 3.8) is 0 Å². The first kappa shape index (κ1) is 11.7. The van der Waals surface area contributed by atoms with Crippen LogP contribution in [0.5, 0.6) is 0 Å². The van der Waals surface area contributed by atoms with Gasteiger partial charge in [-0.05, 0) is 18.9 Å². The summed E-state index contributed by atoms with van der Waals surface area (Å²) in [5, 5.41) is 2.79. The topological polar surface area (TPSA) is 83.8 Å². The molecule has 0 fully saturated rings. The quantitative estimate of drug-likeness (QED) is 0.635. The van der Waals surface area contributed by atoms with Gasteiger partial charge in [-0.1, -0.05) is 6.92 Å². The lowest BCUT2D eigenvalue weighted by molar-refractivity contribution is -0.121. The van der Waals surface area contributed by atoms with Crippen molar-refractivity contribution in [3.8, 4) is 0 Å². The van der Waals surface area contributed by atoms with E-state index in [4.69, 9.17) is 5.73 Å². The van der Waals surface area contributed by atoms with Crippen LogP contribution in [0.4, 0.5) is 0 Å². The molecule has 0 spiro atoms. The van der Waals surface area contributed by atoms with Gasteiger partial charge in [0.2, 0.25) is 5.91 Å². The lowest BCUT2D eigenvalue weighted by Gasteiger charge is -2.07. The normalized spacial score (nSPS) is 12.4. The number of nitrogens with two attached hydrogens (primary N) is 1. The molecule has 0 saturated carbocycles. The zero-order chi connectivity index (χ0) is 11.1. The summed E-state index contributed by atoms with van der Waals surface area (Å²) in [5.74, 6) is 1.22. The summed E-state index contributed by atoms with van der Waals surface area (Å²) in [6.45, 7) is 3.13. The van der Waals surface area contributed by atoms with Gasteiger partial charge in [-0.15, -0.1) is 0 Å². The Hall–Kier alpha value is -1.36. The monoisotopic (exact) mass is 210 g/mol. The van der Waals surface area contributed by atoms with Crippen LogP contribution in [-0.4, -0.2) is 22.4 Å². The number of carbonyl (C=O) groups is 1. The predicted octanol–water partition coefficient (Wildman–Crippen LogP) is 0.401. The molecule has 0 aliphatic carbocycles. The SMILES string of the molecule is CC(CN)CCC(=O)NCc1ncc[nH]1. The van der Waals surface area contributed by atoms with Gasteiger partial charge in [0.25, 0.3) is 0 Å². The molecular weight excluding hydrogens is 192 g/mol. The molecule has 0 aromatic carbocycles. The molecule has 0 saturated heterocycles. The molecule has 84 valence electrons. The van der Waals surface area contributed by atoms with E-state index >= 15 is 0 Å². The fourth-order valence-corrected chi connectivity index (χ4v) is 1.16. The zero-order valence-corrected chi connectivity index (χ0v) is 8.99. The summed E-state index contributed by atoms with van der Waals surface area (Å²) >= 11 is 0. The highest BCUT2D eigenvalue weighted by molar-refractivity contribution is 5.75. The Labute approximate surface area is 89.5 Å². The van der Waals surface area contributed by atoms with Gasteiger partial charge in [-0.3, -0.25) is 4.79 Å². The van der Waals surface area contributed by atoms with E-state index in [0.717, 1.165) is 12.2 Å².